The third kappa shape index (κ3) is 4.88. The van der Waals surface area contributed by atoms with E-state index < -0.39 is 23.6 Å². The predicted molar refractivity (Wildman–Crippen MR) is 88.2 cm³/mol. The SMILES string of the molecule is CNc1nc(OCC(C=Nc2ccc(F)c(C(F)F)c2)=NN)ncc1F. The normalized spacial score (nSPS) is 12.0. The van der Waals surface area contributed by atoms with Crippen molar-refractivity contribution >= 4 is 23.4 Å². The second-order valence-corrected chi connectivity index (χ2v) is 4.77. The summed E-state index contributed by atoms with van der Waals surface area (Å²) in [7, 11) is 1.48. The van der Waals surface area contributed by atoms with E-state index in [2.05, 4.69) is 25.4 Å². The average molecular weight is 370 g/mol. The minimum absolute atomic E-state index is 0.0549. The molecule has 0 aliphatic rings. The number of hydrazone groups is 1. The fourth-order valence-corrected chi connectivity index (χ4v) is 1.77. The van der Waals surface area contributed by atoms with E-state index in [0.29, 0.717) is 0 Å². The number of anilines is 1. The Hall–Kier alpha value is -3.24. The van der Waals surface area contributed by atoms with Crippen molar-refractivity contribution < 1.29 is 22.3 Å². The average Bonchev–Trinajstić information content (AvgIpc) is 2.63. The number of rotatable bonds is 7. The molecular weight excluding hydrogens is 356 g/mol. The summed E-state index contributed by atoms with van der Waals surface area (Å²) >= 11 is 0. The molecule has 0 amide bonds. The van der Waals surface area contributed by atoms with Crippen molar-refractivity contribution in [1.82, 2.24) is 9.97 Å². The Morgan fingerprint density at radius 3 is 2.77 bits per heavy atom. The van der Waals surface area contributed by atoms with Crippen LogP contribution in [0.4, 0.5) is 29.1 Å². The second kappa shape index (κ2) is 8.74. The van der Waals surface area contributed by atoms with E-state index >= 15 is 0 Å². The van der Waals surface area contributed by atoms with Crippen LogP contribution in [0.15, 0.2) is 34.5 Å². The second-order valence-electron chi connectivity index (χ2n) is 4.77. The van der Waals surface area contributed by atoms with Gasteiger partial charge in [0, 0.05) is 7.05 Å². The lowest BCUT2D eigenvalue weighted by atomic mass is 10.2. The van der Waals surface area contributed by atoms with Crippen molar-refractivity contribution in [3.05, 3.63) is 41.6 Å². The molecule has 138 valence electrons. The number of halogens is 4. The third-order valence-corrected chi connectivity index (χ3v) is 3.05. The highest BCUT2D eigenvalue weighted by Gasteiger charge is 2.13. The fraction of sp³-hybridized carbons (Fsp3) is 0.200. The fourth-order valence-electron chi connectivity index (χ4n) is 1.77. The van der Waals surface area contributed by atoms with Crippen molar-refractivity contribution in [3.63, 3.8) is 0 Å². The first-order valence-corrected chi connectivity index (χ1v) is 7.16. The van der Waals surface area contributed by atoms with E-state index in [1.54, 1.807) is 0 Å². The molecule has 2 rings (SSSR count). The summed E-state index contributed by atoms with van der Waals surface area (Å²) in [6.45, 7) is -0.211. The number of nitrogens with two attached hydrogens (primary N) is 1. The summed E-state index contributed by atoms with van der Waals surface area (Å²) < 4.78 is 57.1. The quantitative estimate of drug-likeness (QED) is 0.338. The number of benzene rings is 1. The number of aliphatic imine (C=N–C) groups is 1. The van der Waals surface area contributed by atoms with Crippen LogP contribution in [0.1, 0.15) is 12.0 Å². The molecule has 2 aromatic rings. The van der Waals surface area contributed by atoms with Gasteiger partial charge in [0.25, 0.3) is 6.43 Å². The number of nitrogens with one attached hydrogen (secondary N) is 1. The van der Waals surface area contributed by atoms with Gasteiger partial charge in [-0.3, -0.25) is 4.99 Å². The summed E-state index contributed by atoms with van der Waals surface area (Å²) in [6.07, 6.45) is -0.884. The van der Waals surface area contributed by atoms with Gasteiger partial charge in [-0.15, -0.1) is 0 Å². The Kier molecular flexibility index (Phi) is 6.42. The molecule has 0 aliphatic heterocycles. The highest BCUT2D eigenvalue weighted by molar-refractivity contribution is 6.31. The molecule has 0 atom stereocenters. The van der Waals surface area contributed by atoms with Crippen molar-refractivity contribution in [2.45, 2.75) is 6.43 Å². The maximum Gasteiger partial charge on any atom is 0.318 e. The molecule has 3 N–H and O–H groups in total. The van der Waals surface area contributed by atoms with Crippen LogP contribution in [0.2, 0.25) is 0 Å². The number of hydrogen-bond donors (Lipinski definition) is 2. The van der Waals surface area contributed by atoms with Gasteiger partial charge in [0.15, 0.2) is 11.6 Å². The predicted octanol–water partition coefficient (Wildman–Crippen LogP) is 2.83. The first-order valence-electron chi connectivity index (χ1n) is 7.16. The molecule has 7 nitrogen and oxygen atoms in total. The van der Waals surface area contributed by atoms with Gasteiger partial charge >= 0.3 is 6.01 Å². The van der Waals surface area contributed by atoms with Gasteiger partial charge in [0.2, 0.25) is 0 Å². The van der Waals surface area contributed by atoms with Gasteiger partial charge in [-0.1, -0.05) is 0 Å². The Balaban J connectivity index is 2.06. The smallest absolute Gasteiger partial charge is 0.318 e. The van der Waals surface area contributed by atoms with Crippen molar-refractivity contribution in [2.75, 3.05) is 19.0 Å². The summed E-state index contributed by atoms with van der Waals surface area (Å²) in [5.74, 6) is 3.48. The van der Waals surface area contributed by atoms with Gasteiger partial charge in [0.05, 0.1) is 23.7 Å². The highest BCUT2D eigenvalue weighted by Crippen LogP contribution is 2.26. The van der Waals surface area contributed by atoms with Crippen LogP contribution in [0.5, 0.6) is 6.01 Å². The van der Waals surface area contributed by atoms with E-state index in [1.807, 2.05) is 0 Å². The Morgan fingerprint density at radius 1 is 1.35 bits per heavy atom. The minimum Gasteiger partial charge on any atom is -0.457 e. The Labute approximate surface area is 145 Å². The van der Waals surface area contributed by atoms with Crippen LogP contribution in [-0.4, -0.2) is 35.5 Å². The number of alkyl halides is 2. The highest BCUT2D eigenvalue weighted by atomic mass is 19.3. The van der Waals surface area contributed by atoms with E-state index in [1.165, 1.54) is 13.1 Å². The van der Waals surface area contributed by atoms with Crippen LogP contribution >= 0.6 is 0 Å². The summed E-state index contributed by atoms with van der Waals surface area (Å²) in [6, 6.07) is 2.88. The lowest BCUT2D eigenvalue weighted by Gasteiger charge is -2.06. The van der Waals surface area contributed by atoms with Gasteiger partial charge in [-0.05, 0) is 18.2 Å². The molecule has 0 saturated heterocycles. The van der Waals surface area contributed by atoms with Crippen LogP contribution in [0.25, 0.3) is 0 Å². The molecule has 0 unspecified atom stereocenters. The topological polar surface area (TPSA) is 97.8 Å². The molecule has 0 spiro atoms. The van der Waals surface area contributed by atoms with Gasteiger partial charge in [0.1, 0.15) is 18.1 Å². The van der Waals surface area contributed by atoms with E-state index in [-0.39, 0.29) is 29.8 Å². The summed E-state index contributed by atoms with van der Waals surface area (Å²) in [4.78, 5) is 11.3. The van der Waals surface area contributed by atoms with Gasteiger partial charge < -0.3 is 15.9 Å². The first-order chi connectivity index (χ1) is 12.4. The lowest BCUT2D eigenvalue weighted by Crippen LogP contribution is -2.16. The van der Waals surface area contributed by atoms with Crippen molar-refractivity contribution in [1.29, 1.82) is 0 Å². The van der Waals surface area contributed by atoms with Crippen molar-refractivity contribution in [3.8, 4) is 6.01 Å². The van der Waals surface area contributed by atoms with E-state index in [4.69, 9.17) is 10.6 Å². The molecule has 1 heterocycles. The lowest BCUT2D eigenvalue weighted by molar-refractivity contribution is 0.146. The largest absolute Gasteiger partial charge is 0.457 e. The Morgan fingerprint density at radius 2 is 2.12 bits per heavy atom. The molecule has 0 aliphatic carbocycles. The van der Waals surface area contributed by atoms with Gasteiger partial charge in [-0.2, -0.15) is 10.1 Å². The number of hydrogen-bond acceptors (Lipinski definition) is 7. The summed E-state index contributed by atoms with van der Waals surface area (Å²) in [5.41, 5.74) is -0.563. The summed E-state index contributed by atoms with van der Waals surface area (Å²) in [5, 5.41) is 5.95. The first kappa shape index (κ1) is 19.1. The minimum atomic E-state index is -2.96. The molecule has 0 fully saturated rings. The molecule has 1 aromatic carbocycles. The molecule has 26 heavy (non-hydrogen) atoms. The standard InChI is InChI=1S/C15H14F4N6O/c1-21-14-12(17)6-23-15(24-14)26-7-9(25-20)5-22-8-2-3-11(16)10(4-8)13(18)19/h2-6,13H,7,20H2,1H3,(H,21,23,24). The maximum atomic E-state index is 13.3. The maximum absolute atomic E-state index is 13.3. The zero-order chi connectivity index (χ0) is 19.1. The zero-order valence-corrected chi connectivity index (χ0v) is 13.5. The van der Waals surface area contributed by atoms with Gasteiger partial charge in [-0.25, -0.2) is 22.5 Å². The zero-order valence-electron chi connectivity index (χ0n) is 13.5. The number of aromatic nitrogens is 2. The molecule has 0 saturated carbocycles. The van der Waals surface area contributed by atoms with E-state index in [0.717, 1.165) is 24.5 Å². The van der Waals surface area contributed by atoms with Crippen LogP contribution in [0.3, 0.4) is 0 Å². The molecule has 0 bridgehead atoms. The third-order valence-electron chi connectivity index (χ3n) is 3.05. The monoisotopic (exact) mass is 370 g/mol. The molecule has 0 radical (unpaired) electrons. The van der Waals surface area contributed by atoms with Crippen LogP contribution < -0.4 is 15.9 Å². The van der Waals surface area contributed by atoms with Crippen molar-refractivity contribution in [2.24, 2.45) is 15.9 Å². The van der Waals surface area contributed by atoms with E-state index in [9.17, 15) is 17.6 Å². The number of ether oxygens (including phenoxy) is 1. The van der Waals surface area contributed by atoms with Crippen LogP contribution in [0, 0.1) is 11.6 Å². The molecule has 11 heteroatoms. The molecular formula is C15H14F4N6O. The van der Waals surface area contributed by atoms with Crippen LogP contribution in [-0.2, 0) is 0 Å². The number of nitrogens with zero attached hydrogens (tertiary/aromatic N) is 4. The molecule has 1 aromatic heterocycles. The Bertz CT molecular complexity index is 828.